The monoisotopic (exact) mass is 353 g/mol. The Morgan fingerprint density at radius 3 is 2.50 bits per heavy atom. The minimum absolute atomic E-state index is 0.123. The molecule has 0 unspecified atom stereocenters. The number of nitrogens with one attached hydrogen (secondary N) is 1. The van der Waals surface area contributed by atoms with Crippen molar-refractivity contribution >= 4 is 5.91 Å². The fourth-order valence-electron chi connectivity index (χ4n) is 3.30. The van der Waals surface area contributed by atoms with E-state index in [1.807, 2.05) is 48.3 Å². The van der Waals surface area contributed by atoms with Gasteiger partial charge in [-0.2, -0.15) is 0 Å². The Morgan fingerprint density at radius 2 is 1.85 bits per heavy atom. The summed E-state index contributed by atoms with van der Waals surface area (Å²) < 4.78 is 5.77. The molecule has 2 heterocycles. The summed E-state index contributed by atoms with van der Waals surface area (Å²) in [5.74, 6) is 1.62. The van der Waals surface area contributed by atoms with Crippen LogP contribution in [-0.2, 0) is 6.61 Å². The van der Waals surface area contributed by atoms with Crippen molar-refractivity contribution < 1.29 is 9.53 Å². The molecule has 0 aliphatic carbocycles. The maximum Gasteiger partial charge on any atom is 0.253 e. The number of carbonyl (C=O) groups is 1. The normalized spacial score (nSPS) is 15.0. The quantitative estimate of drug-likeness (QED) is 0.831. The summed E-state index contributed by atoms with van der Waals surface area (Å²) in [6.45, 7) is 3.26. The van der Waals surface area contributed by atoms with Crippen LogP contribution in [0, 0.1) is 5.92 Å². The van der Waals surface area contributed by atoms with Gasteiger partial charge in [-0.15, -0.1) is 0 Å². The van der Waals surface area contributed by atoms with E-state index in [1.165, 1.54) is 6.42 Å². The maximum atomic E-state index is 12.7. The second-order valence-electron chi connectivity index (χ2n) is 6.80. The van der Waals surface area contributed by atoms with Crippen LogP contribution < -0.4 is 10.1 Å². The Kier molecular flexibility index (Phi) is 6.61. The lowest BCUT2D eigenvalue weighted by Gasteiger charge is -2.32. The number of hydrogen-bond donors (Lipinski definition) is 1. The second kappa shape index (κ2) is 9.34. The molecule has 0 spiro atoms. The summed E-state index contributed by atoms with van der Waals surface area (Å²) in [4.78, 5) is 18.6. The average molecular weight is 353 g/mol. The molecule has 5 heteroatoms. The lowest BCUT2D eigenvalue weighted by atomic mass is 9.93. The summed E-state index contributed by atoms with van der Waals surface area (Å²) in [5, 5.41) is 3.21. The van der Waals surface area contributed by atoms with Gasteiger partial charge in [-0.3, -0.25) is 9.78 Å². The number of hydrogen-bond acceptors (Lipinski definition) is 4. The molecule has 26 heavy (non-hydrogen) atoms. The third kappa shape index (κ3) is 5.05. The number of ether oxygens (including phenoxy) is 1. The van der Waals surface area contributed by atoms with Crippen molar-refractivity contribution in [2.45, 2.75) is 25.9 Å². The first kappa shape index (κ1) is 18.4. The Labute approximate surface area is 155 Å². The van der Waals surface area contributed by atoms with Crippen molar-refractivity contribution in [3.63, 3.8) is 0 Å². The van der Waals surface area contributed by atoms with Crippen molar-refractivity contribution in [3.05, 3.63) is 59.9 Å². The highest BCUT2D eigenvalue weighted by atomic mass is 16.5. The van der Waals surface area contributed by atoms with Crippen LogP contribution in [0.25, 0.3) is 0 Å². The predicted octanol–water partition coefficient (Wildman–Crippen LogP) is 3.12. The molecule has 1 aromatic carbocycles. The van der Waals surface area contributed by atoms with Crippen molar-refractivity contribution in [1.82, 2.24) is 15.2 Å². The molecule has 1 aliphatic heterocycles. The van der Waals surface area contributed by atoms with E-state index in [1.54, 1.807) is 12.4 Å². The molecule has 1 N–H and O–H groups in total. The summed E-state index contributed by atoms with van der Waals surface area (Å²) in [6, 6.07) is 11.3. The molecule has 0 atom stereocenters. The van der Waals surface area contributed by atoms with Gasteiger partial charge >= 0.3 is 0 Å². The zero-order valence-corrected chi connectivity index (χ0v) is 15.4. The van der Waals surface area contributed by atoms with E-state index in [2.05, 4.69) is 10.3 Å². The lowest BCUT2D eigenvalue weighted by molar-refractivity contribution is 0.0687. The molecule has 3 rings (SSSR count). The Morgan fingerprint density at radius 1 is 1.15 bits per heavy atom. The third-order valence-corrected chi connectivity index (χ3v) is 4.96. The zero-order chi connectivity index (χ0) is 18.2. The molecule has 2 aromatic rings. The van der Waals surface area contributed by atoms with E-state index < -0.39 is 0 Å². The first-order chi connectivity index (χ1) is 12.8. The minimum atomic E-state index is 0.123. The highest BCUT2D eigenvalue weighted by Crippen LogP contribution is 2.22. The minimum Gasteiger partial charge on any atom is -0.489 e. The fraction of sp³-hybridized carbons (Fsp3) is 0.429. The molecule has 1 fully saturated rings. The van der Waals surface area contributed by atoms with Gasteiger partial charge in [-0.1, -0.05) is 0 Å². The number of aromatic nitrogens is 1. The maximum absolute atomic E-state index is 12.7. The molecule has 1 amide bonds. The molecule has 0 saturated carbocycles. The number of carbonyl (C=O) groups excluding carboxylic acids is 1. The van der Waals surface area contributed by atoms with Crippen molar-refractivity contribution in [2.24, 2.45) is 5.92 Å². The zero-order valence-electron chi connectivity index (χ0n) is 15.4. The fourth-order valence-corrected chi connectivity index (χ4v) is 3.30. The van der Waals surface area contributed by atoms with Gasteiger partial charge in [0.05, 0.1) is 0 Å². The van der Waals surface area contributed by atoms with Gasteiger partial charge in [-0.25, -0.2) is 0 Å². The Balaban J connectivity index is 1.49. The smallest absolute Gasteiger partial charge is 0.253 e. The van der Waals surface area contributed by atoms with Crippen LogP contribution in [-0.4, -0.2) is 42.5 Å². The van der Waals surface area contributed by atoms with Crippen LogP contribution in [0.4, 0.5) is 0 Å². The molecule has 5 nitrogen and oxygen atoms in total. The van der Waals surface area contributed by atoms with Gasteiger partial charge in [0.2, 0.25) is 0 Å². The number of rotatable bonds is 7. The summed E-state index contributed by atoms with van der Waals surface area (Å²) >= 11 is 0. The SMILES string of the molecule is CNCCC1CCN(C(=O)c2ccc(OCc3ccncc3)cc2)CC1. The van der Waals surface area contributed by atoms with Gasteiger partial charge in [0.25, 0.3) is 5.91 Å². The molecule has 1 saturated heterocycles. The van der Waals surface area contributed by atoms with Gasteiger partial charge in [0.1, 0.15) is 12.4 Å². The Bertz CT molecular complexity index is 680. The average Bonchev–Trinajstić information content (AvgIpc) is 2.72. The van der Waals surface area contributed by atoms with E-state index in [0.29, 0.717) is 6.61 Å². The number of nitrogens with zero attached hydrogens (tertiary/aromatic N) is 2. The number of benzene rings is 1. The van der Waals surface area contributed by atoms with Gasteiger partial charge < -0.3 is 15.0 Å². The van der Waals surface area contributed by atoms with Crippen molar-refractivity contribution in [2.75, 3.05) is 26.7 Å². The summed E-state index contributed by atoms with van der Waals surface area (Å²) in [5.41, 5.74) is 1.80. The van der Waals surface area contributed by atoms with E-state index in [0.717, 1.165) is 55.3 Å². The van der Waals surface area contributed by atoms with Crippen LogP contribution in [0.15, 0.2) is 48.8 Å². The first-order valence-electron chi connectivity index (χ1n) is 9.32. The topological polar surface area (TPSA) is 54.5 Å². The van der Waals surface area contributed by atoms with Gasteiger partial charge in [0.15, 0.2) is 0 Å². The van der Waals surface area contributed by atoms with E-state index >= 15 is 0 Å². The van der Waals surface area contributed by atoms with Crippen LogP contribution in [0.5, 0.6) is 5.75 Å². The summed E-state index contributed by atoms with van der Waals surface area (Å²) in [6.07, 6.45) is 6.90. The van der Waals surface area contributed by atoms with E-state index in [9.17, 15) is 4.79 Å². The third-order valence-electron chi connectivity index (χ3n) is 4.96. The van der Waals surface area contributed by atoms with Gasteiger partial charge in [-0.05, 0) is 80.7 Å². The highest BCUT2D eigenvalue weighted by Gasteiger charge is 2.23. The second-order valence-corrected chi connectivity index (χ2v) is 6.80. The largest absolute Gasteiger partial charge is 0.489 e. The number of pyridine rings is 1. The van der Waals surface area contributed by atoms with E-state index in [-0.39, 0.29) is 5.91 Å². The molecule has 1 aliphatic rings. The molecule has 138 valence electrons. The van der Waals surface area contributed by atoms with Crippen molar-refractivity contribution in [1.29, 1.82) is 0 Å². The van der Waals surface area contributed by atoms with Crippen LogP contribution in [0.2, 0.25) is 0 Å². The van der Waals surface area contributed by atoms with Crippen LogP contribution in [0.3, 0.4) is 0 Å². The number of likely N-dealkylation sites (tertiary alicyclic amines) is 1. The van der Waals surface area contributed by atoms with Gasteiger partial charge in [0, 0.05) is 31.0 Å². The lowest BCUT2D eigenvalue weighted by Crippen LogP contribution is -2.38. The highest BCUT2D eigenvalue weighted by molar-refractivity contribution is 5.94. The van der Waals surface area contributed by atoms with Crippen LogP contribution in [0.1, 0.15) is 35.2 Å². The molecular weight excluding hydrogens is 326 g/mol. The van der Waals surface area contributed by atoms with E-state index in [4.69, 9.17) is 4.74 Å². The number of piperidine rings is 1. The van der Waals surface area contributed by atoms with Crippen LogP contribution >= 0.6 is 0 Å². The predicted molar refractivity (Wildman–Crippen MR) is 102 cm³/mol. The first-order valence-corrected chi connectivity index (χ1v) is 9.32. The number of amides is 1. The standard InChI is InChI=1S/C21H27N3O2/c1-22-11-6-17-9-14-24(15-10-17)21(25)19-2-4-20(5-3-19)26-16-18-7-12-23-13-8-18/h2-5,7-8,12-13,17,22H,6,9-11,14-16H2,1H3. The summed E-state index contributed by atoms with van der Waals surface area (Å²) in [7, 11) is 1.99. The molecule has 0 bridgehead atoms. The molecule has 0 radical (unpaired) electrons. The Hall–Kier alpha value is -2.40. The molecule has 1 aromatic heterocycles. The van der Waals surface area contributed by atoms with Crippen molar-refractivity contribution in [3.8, 4) is 5.75 Å². The molecular formula is C21H27N3O2.